The monoisotopic (exact) mass is 284 g/mol. The van der Waals surface area contributed by atoms with Gasteiger partial charge < -0.3 is 0 Å². The molecule has 1 heterocycles. The Hall–Kier alpha value is -2.38. The summed E-state index contributed by atoms with van der Waals surface area (Å²) in [6.45, 7) is 0. The molecule has 1 aromatic heterocycles. The van der Waals surface area contributed by atoms with Gasteiger partial charge in [0.2, 0.25) is 0 Å². The molecule has 0 fully saturated rings. The van der Waals surface area contributed by atoms with Gasteiger partial charge in [-0.25, -0.2) is 0 Å². The van der Waals surface area contributed by atoms with E-state index in [9.17, 15) is 0 Å². The van der Waals surface area contributed by atoms with Crippen LogP contribution in [-0.4, -0.2) is 0 Å². The molecule has 3 aromatic carbocycles. The Morgan fingerprint density at radius 1 is 0.714 bits per heavy atom. The molecular formula is C20H12S. The van der Waals surface area contributed by atoms with E-state index in [-0.39, 0.29) is 0 Å². The van der Waals surface area contributed by atoms with Gasteiger partial charge in [0.05, 0.1) is 0 Å². The van der Waals surface area contributed by atoms with Crippen molar-refractivity contribution in [1.82, 2.24) is 0 Å². The number of rotatable bonds is 1. The van der Waals surface area contributed by atoms with Crippen LogP contribution >= 0.6 is 11.3 Å². The van der Waals surface area contributed by atoms with Gasteiger partial charge in [-0.15, -0.1) is 11.3 Å². The smallest absolute Gasteiger partial charge is 0.0349 e. The molecule has 5 rings (SSSR count). The van der Waals surface area contributed by atoms with Crippen LogP contribution in [0.3, 0.4) is 0 Å². The van der Waals surface area contributed by atoms with Gasteiger partial charge in [-0.1, -0.05) is 42.5 Å². The molecule has 0 atom stereocenters. The lowest BCUT2D eigenvalue weighted by molar-refractivity contribution is 1.58. The van der Waals surface area contributed by atoms with Crippen molar-refractivity contribution in [3.8, 4) is 0 Å². The van der Waals surface area contributed by atoms with Gasteiger partial charge in [-0.2, -0.15) is 0 Å². The number of benzene rings is 3. The lowest BCUT2D eigenvalue weighted by atomic mass is 9.83. The van der Waals surface area contributed by atoms with Crippen LogP contribution in [0.1, 0.15) is 16.0 Å². The van der Waals surface area contributed by atoms with Crippen LogP contribution in [0.15, 0.2) is 66.0 Å². The first-order chi connectivity index (χ1) is 10.4. The first-order valence-electron chi connectivity index (χ1n) is 7.12. The Morgan fingerprint density at radius 2 is 1.57 bits per heavy atom. The zero-order valence-corrected chi connectivity index (χ0v) is 12.2. The minimum Gasteiger partial charge on any atom is -0.144 e. The highest BCUT2D eigenvalue weighted by atomic mass is 32.1. The van der Waals surface area contributed by atoms with Crippen molar-refractivity contribution in [3.63, 3.8) is 0 Å². The van der Waals surface area contributed by atoms with Crippen molar-refractivity contribution < 1.29 is 0 Å². The summed E-state index contributed by atoms with van der Waals surface area (Å²) in [5.74, 6) is 0. The first-order valence-corrected chi connectivity index (χ1v) is 7.99. The molecule has 4 aromatic rings. The van der Waals surface area contributed by atoms with E-state index in [1.165, 1.54) is 43.1 Å². The predicted octanol–water partition coefficient (Wildman–Crippen LogP) is 5.96. The maximum absolute atomic E-state index is 2.34. The normalized spacial score (nSPS) is 13.0. The van der Waals surface area contributed by atoms with Crippen LogP contribution in [-0.2, 0) is 0 Å². The third-order valence-corrected chi connectivity index (χ3v) is 5.18. The molecule has 0 nitrogen and oxygen atoms in total. The predicted molar refractivity (Wildman–Crippen MR) is 92.7 cm³/mol. The summed E-state index contributed by atoms with van der Waals surface area (Å²) in [4.78, 5) is 1.36. The van der Waals surface area contributed by atoms with Crippen LogP contribution in [0.25, 0.3) is 33.2 Å². The molecule has 1 aliphatic rings. The standard InChI is InChI=1S/C20H12S/c1-2-5-14-11-17-15(10-13(14)4-1)7-8-16-12-18(20(16)17)19-6-3-9-21-19/h1-12H. The fourth-order valence-electron chi connectivity index (χ4n) is 3.23. The second-order valence-electron chi connectivity index (χ2n) is 5.49. The van der Waals surface area contributed by atoms with Crippen molar-refractivity contribution in [2.45, 2.75) is 0 Å². The van der Waals surface area contributed by atoms with Gasteiger partial charge in [0, 0.05) is 10.5 Å². The molecule has 1 heteroatoms. The number of fused-ring (bicyclic) bond motifs is 4. The molecule has 0 N–H and O–H groups in total. The third kappa shape index (κ3) is 1.55. The van der Waals surface area contributed by atoms with Crippen molar-refractivity contribution in [2.24, 2.45) is 0 Å². The molecule has 0 amide bonds. The van der Waals surface area contributed by atoms with E-state index >= 15 is 0 Å². The highest BCUT2D eigenvalue weighted by molar-refractivity contribution is 7.11. The van der Waals surface area contributed by atoms with Crippen LogP contribution in [0.5, 0.6) is 0 Å². The summed E-state index contributed by atoms with van der Waals surface area (Å²) in [6.07, 6.45) is 2.30. The minimum atomic E-state index is 1.31. The van der Waals surface area contributed by atoms with Gasteiger partial charge in [-0.05, 0) is 62.3 Å². The topological polar surface area (TPSA) is 0 Å². The van der Waals surface area contributed by atoms with Crippen molar-refractivity contribution in [2.75, 3.05) is 0 Å². The summed E-state index contributed by atoms with van der Waals surface area (Å²) in [5, 5.41) is 7.47. The molecular weight excluding hydrogens is 272 g/mol. The lowest BCUT2D eigenvalue weighted by Gasteiger charge is -2.22. The molecule has 1 aliphatic carbocycles. The fraction of sp³-hybridized carbons (Fsp3) is 0. The van der Waals surface area contributed by atoms with Crippen LogP contribution in [0.4, 0.5) is 0 Å². The van der Waals surface area contributed by atoms with E-state index in [0.29, 0.717) is 0 Å². The van der Waals surface area contributed by atoms with Crippen LogP contribution < -0.4 is 0 Å². The average molecular weight is 284 g/mol. The van der Waals surface area contributed by atoms with Gasteiger partial charge in [0.1, 0.15) is 0 Å². The number of hydrogen-bond donors (Lipinski definition) is 0. The van der Waals surface area contributed by atoms with E-state index in [2.05, 4.69) is 72.1 Å². The SMILES string of the molecule is C1=C(c2cccs2)c2c1ccc1cc3ccccc3cc21. The zero-order chi connectivity index (χ0) is 13.8. The highest BCUT2D eigenvalue weighted by Crippen LogP contribution is 2.44. The van der Waals surface area contributed by atoms with Crippen molar-refractivity contribution in [1.29, 1.82) is 0 Å². The van der Waals surface area contributed by atoms with Gasteiger partial charge in [-0.3, -0.25) is 0 Å². The molecule has 0 radical (unpaired) electrons. The summed E-state index contributed by atoms with van der Waals surface area (Å²) in [6, 6.07) is 22.0. The molecule has 0 saturated carbocycles. The molecule has 98 valence electrons. The lowest BCUT2D eigenvalue weighted by Crippen LogP contribution is -2.00. The fourth-order valence-corrected chi connectivity index (χ4v) is 3.98. The highest BCUT2D eigenvalue weighted by Gasteiger charge is 2.21. The maximum Gasteiger partial charge on any atom is 0.0349 e. The second kappa shape index (κ2) is 4.06. The van der Waals surface area contributed by atoms with E-state index in [1.54, 1.807) is 0 Å². The zero-order valence-electron chi connectivity index (χ0n) is 11.3. The average Bonchev–Trinajstić information content (AvgIpc) is 2.99. The van der Waals surface area contributed by atoms with Gasteiger partial charge in [0.15, 0.2) is 0 Å². The molecule has 0 unspecified atom stereocenters. The molecule has 0 bridgehead atoms. The summed E-state index contributed by atoms with van der Waals surface area (Å²) in [7, 11) is 0. The summed E-state index contributed by atoms with van der Waals surface area (Å²) >= 11 is 1.81. The Labute approximate surface area is 127 Å². The molecule has 0 spiro atoms. The first kappa shape index (κ1) is 11.3. The van der Waals surface area contributed by atoms with Gasteiger partial charge >= 0.3 is 0 Å². The minimum absolute atomic E-state index is 1.31. The van der Waals surface area contributed by atoms with Gasteiger partial charge in [0.25, 0.3) is 0 Å². The molecule has 0 aliphatic heterocycles. The Balaban J connectivity index is 1.84. The molecule has 21 heavy (non-hydrogen) atoms. The Morgan fingerprint density at radius 3 is 2.38 bits per heavy atom. The Kier molecular flexibility index (Phi) is 2.18. The van der Waals surface area contributed by atoms with E-state index < -0.39 is 0 Å². The largest absolute Gasteiger partial charge is 0.144 e. The maximum atomic E-state index is 2.34. The number of thiophene rings is 1. The second-order valence-corrected chi connectivity index (χ2v) is 6.43. The van der Waals surface area contributed by atoms with E-state index in [4.69, 9.17) is 0 Å². The van der Waals surface area contributed by atoms with Crippen molar-refractivity contribution in [3.05, 3.63) is 82.0 Å². The summed E-state index contributed by atoms with van der Waals surface area (Å²) < 4.78 is 0. The van der Waals surface area contributed by atoms with Crippen molar-refractivity contribution >= 4 is 44.5 Å². The number of hydrogen-bond acceptors (Lipinski definition) is 1. The van der Waals surface area contributed by atoms with E-state index in [0.717, 1.165) is 0 Å². The third-order valence-electron chi connectivity index (χ3n) is 4.27. The summed E-state index contributed by atoms with van der Waals surface area (Å²) in [5.41, 5.74) is 4.17. The van der Waals surface area contributed by atoms with Crippen LogP contribution in [0.2, 0.25) is 0 Å². The van der Waals surface area contributed by atoms with E-state index in [1.807, 2.05) is 11.3 Å². The Bertz CT molecular complexity index is 1020. The van der Waals surface area contributed by atoms with Crippen LogP contribution in [0, 0.1) is 0 Å². The molecule has 0 saturated heterocycles. The quantitative estimate of drug-likeness (QED) is 0.333.